The van der Waals surface area contributed by atoms with E-state index in [0.717, 1.165) is 37.2 Å². The van der Waals surface area contributed by atoms with Crippen molar-refractivity contribution in [1.29, 1.82) is 0 Å². The van der Waals surface area contributed by atoms with Gasteiger partial charge >= 0.3 is 0 Å². The van der Waals surface area contributed by atoms with Crippen molar-refractivity contribution < 1.29 is 9.59 Å². The summed E-state index contributed by atoms with van der Waals surface area (Å²) in [7, 11) is 4.18. The maximum Gasteiger partial charge on any atom is 0.282 e. The van der Waals surface area contributed by atoms with Gasteiger partial charge in [0.2, 0.25) is 0 Å². The van der Waals surface area contributed by atoms with E-state index < -0.39 is 0 Å². The number of nitrogens with zero attached hydrogens (tertiary/aromatic N) is 4. The summed E-state index contributed by atoms with van der Waals surface area (Å²) in [6.45, 7) is 1.50. The standard InChI is InChI=1S/C30H31N5O2/c1-33(2)25-17-19-34(20-18-25)29(36)23-13-15-26(16-14-23)35-30(37)27(21-31-24-11-7-4-8-12-24)28(32-35)22-9-5-3-6-10-22/h3-16,21,25,31H,17-20H2,1-2H3. The molecule has 1 saturated heterocycles. The first-order valence-corrected chi connectivity index (χ1v) is 12.6. The number of likely N-dealkylation sites (tertiary alicyclic amines) is 1. The minimum Gasteiger partial charge on any atom is -0.361 e. The number of hydrogen-bond donors (Lipinski definition) is 1. The predicted octanol–water partition coefficient (Wildman–Crippen LogP) is 4.60. The minimum atomic E-state index is -0.230. The maximum absolute atomic E-state index is 13.5. The fourth-order valence-electron chi connectivity index (χ4n) is 4.73. The van der Waals surface area contributed by atoms with Crippen LogP contribution in [0.5, 0.6) is 0 Å². The van der Waals surface area contributed by atoms with Crippen LogP contribution < -0.4 is 10.3 Å². The molecule has 0 unspecified atom stereocenters. The molecule has 3 aromatic carbocycles. The highest BCUT2D eigenvalue weighted by Crippen LogP contribution is 2.27. The van der Waals surface area contributed by atoms with Gasteiger partial charge < -0.3 is 15.1 Å². The summed E-state index contributed by atoms with van der Waals surface area (Å²) >= 11 is 0. The monoisotopic (exact) mass is 493 g/mol. The molecule has 7 nitrogen and oxygen atoms in total. The molecule has 2 aliphatic heterocycles. The number of hydrazone groups is 1. The average Bonchev–Trinajstić information content (AvgIpc) is 3.28. The number of carbonyl (C=O) groups is 2. The molecule has 0 aliphatic carbocycles. The summed E-state index contributed by atoms with van der Waals surface area (Å²) in [5.41, 5.74) is 4.03. The van der Waals surface area contributed by atoms with Gasteiger partial charge in [-0.3, -0.25) is 9.59 Å². The van der Waals surface area contributed by atoms with Crippen LogP contribution in [0.2, 0.25) is 0 Å². The van der Waals surface area contributed by atoms with Crippen LogP contribution in [0, 0.1) is 0 Å². The van der Waals surface area contributed by atoms with E-state index in [-0.39, 0.29) is 11.8 Å². The minimum absolute atomic E-state index is 0.0256. The predicted molar refractivity (Wildman–Crippen MR) is 148 cm³/mol. The van der Waals surface area contributed by atoms with Crippen LogP contribution in [0.15, 0.2) is 102 Å². The Labute approximate surface area is 217 Å². The van der Waals surface area contributed by atoms with Crippen molar-refractivity contribution in [2.45, 2.75) is 18.9 Å². The summed E-state index contributed by atoms with van der Waals surface area (Å²) in [5, 5.41) is 9.30. The second-order valence-corrected chi connectivity index (χ2v) is 9.53. The molecule has 2 amide bonds. The van der Waals surface area contributed by atoms with E-state index in [1.54, 1.807) is 30.5 Å². The lowest BCUT2D eigenvalue weighted by Crippen LogP contribution is -2.44. The Morgan fingerprint density at radius 1 is 0.919 bits per heavy atom. The zero-order chi connectivity index (χ0) is 25.8. The lowest BCUT2D eigenvalue weighted by molar-refractivity contribution is -0.114. The SMILES string of the molecule is CN(C)C1CCN(C(=O)c2ccc(N3N=C(c4ccccc4)C(=CNc4ccccc4)C3=O)cc2)CC1. The van der Waals surface area contributed by atoms with Crippen LogP contribution in [-0.4, -0.2) is 60.6 Å². The molecule has 7 heteroatoms. The molecule has 1 fully saturated rings. The number of amides is 2. The van der Waals surface area contributed by atoms with Gasteiger partial charge in [0.05, 0.1) is 11.3 Å². The fraction of sp³-hybridized carbons (Fsp3) is 0.233. The van der Waals surface area contributed by atoms with Crippen molar-refractivity contribution in [3.05, 3.63) is 108 Å². The Hall–Kier alpha value is -4.23. The van der Waals surface area contributed by atoms with Crippen LogP contribution in [0.25, 0.3) is 0 Å². The van der Waals surface area contributed by atoms with Gasteiger partial charge in [-0.2, -0.15) is 10.1 Å². The van der Waals surface area contributed by atoms with E-state index in [0.29, 0.717) is 28.6 Å². The first-order valence-electron chi connectivity index (χ1n) is 12.6. The second kappa shape index (κ2) is 10.8. The number of nitrogens with one attached hydrogen (secondary N) is 1. The van der Waals surface area contributed by atoms with Crippen molar-refractivity contribution in [2.24, 2.45) is 5.10 Å². The Morgan fingerprint density at radius 2 is 1.54 bits per heavy atom. The summed E-state index contributed by atoms with van der Waals surface area (Å²) < 4.78 is 0. The number of rotatable bonds is 6. The van der Waals surface area contributed by atoms with Gasteiger partial charge in [0.25, 0.3) is 11.8 Å². The zero-order valence-corrected chi connectivity index (χ0v) is 21.2. The van der Waals surface area contributed by atoms with Gasteiger partial charge in [0.15, 0.2) is 0 Å². The molecule has 37 heavy (non-hydrogen) atoms. The van der Waals surface area contributed by atoms with Crippen LogP contribution in [-0.2, 0) is 4.79 Å². The molecule has 2 aliphatic rings. The number of anilines is 2. The van der Waals surface area contributed by atoms with Crippen molar-refractivity contribution >= 4 is 28.9 Å². The van der Waals surface area contributed by atoms with Crippen LogP contribution >= 0.6 is 0 Å². The summed E-state index contributed by atoms with van der Waals surface area (Å²) in [6, 6.07) is 27.0. The van der Waals surface area contributed by atoms with Crippen LogP contribution in [0.3, 0.4) is 0 Å². The molecular weight excluding hydrogens is 462 g/mol. The molecule has 0 saturated carbocycles. The molecule has 0 bridgehead atoms. The van der Waals surface area contributed by atoms with E-state index in [4.69, 9.17) is 0 Å². The van der Waals surface area contributed by atoms with Crippen molar-refractivity contribution in [3.63, 3.8) is 0 Å². The number of benzene rings is 3. The van der Waals surface area contributed by atoms with Crippen molar-refractivity contribution in [2.75, 3.05) is 37.5 Å². The number of hydrogen-bond acceptors (Lipinski definition) is 5. The topological polar surface area (TPSA) is 68.2 Å². The van der Waals surface area contributed by atoms with E-state index in [1.807, 2.05) is 65.6 Å². The van der Waals surface area contributed by atoms with Gasteiger partial charge in [-0.15, -0.1) is 0 Å². The Kier molecular flexibility index (Phi) is 7.14. The normalized spacial score (nSPS) is 17.4. The van der Waals surface area contributed by atoms with E-state index in [1.165, 1.54) is 5.01 Å². The molecule has 0 spiro atoms. The molecule has 188 valence electrons. The summed E-state index contributed by atoms with van der Waals surface area (Å²) in [5.74, 6) is -0.204. The Morgan fingerprint density at radius 3 is 2.16 bits per heavy atom. The highest BCUT2D eigenvalue weighted by Gasteiger charge is 2.32. The van der Waals surface area contributed by atoms with E-state index in [9.17, 15) is 9.59 Å². The first-order chi connectivity index (χ1) is 18.0. The number of piperidine rings is 1. The van der Waals surface area contributed by atoms with E-state index in [2.05, 4.69) is 29.4 Å². The second-order valence-electron chi connectivity index (χ2n) is 9.53. The number of carbonyl (C=O) groups excluding carboxylic acids is 2. The molecule has 1 N–H and O–H groups in total. The molecule has 3 aromatic rings. The van der Waals surface area contributed by atoms with Crippen molar-refractivity contribution in [3.8, 4) is 0 Å². The highest BCUT2D eigenvalue weighted by atomic mass is 16.2. The molecule has 0 radical (unpaired) electrons. The van der Waals surface area contributed by atoms with Gasteiger partial charge in [-0.05, 0) is 63.3 Å². The smallest absolute Gasteiger partial charge is 0.282 e. The van der Waals surface area contributed by atoms with Gasteiger partial charge in [0, 0.05) is 42.1 Å². The van der Waals surface area contributed by atoms with E-state index >= 15 is 0 Å². The molecule has 5 rings (SSSR count). The lowest BCUT2D eigenvalue weighted by atomic mass is 10.0. The average molecular weight is 494 g/mol. The third-order valence-electron chi connectivity index (χ3n) is 6.92. The lowest BCUT2D eigenvalue weighted by Gasteiger charge is -2.35. The van der Waals surface area contributed by atoms with Gasteiger partial charge in [0.1, 0.15) is 5.71 Å². The summed E-state index contributed by atoms with van der Waals surface area (Å²) in [4.78, 5) is 30.7. The molecule has 2 heterocycles. The molecule has 0 atom stereocenters. The summed E-state index contributed by atoms with van der Waals surface area (Å²) in [6.07, 6.45) is 3.66. The van der Waals surface area contributed by atoms with Gasteiger partial charge in [-0.1, -0.05) is 48.5 Å². The Balaban J connectivity index is 1.36. The fourth-order valence-corrected chi connectivity index (χ4v) is 4.73. The third kappa shape index (κ3) is 5.32. The number of para-hydroxylation sites is 1. The maximum atomic E-state index is 13.5. The molecule has 0 aromatic heterocycles. The van der Waals surface area contributed by atoms with Crippen LogP contribution in [0.4, 0.5) is 11.4 Å². The van der Waals surface area contributed by atoms with Crippen molar-refractivity contribution in [1.82, 2.24) is 9.80 Å². The van der Waals surface area contributed by atoms with Crippen LogP contribution in [0.1, 0.15) is 28.8 Å². The highest BCUT2D eigenvalue weighted by molar-refractivity contribution is 6.35. The zero-order valence-electron chi connectivity index (χ0n) is 21.2. The largest absolute Gasteiger partial charge is 0.361 e. The Bertz CT molecular complexity index is 1310. The van der Waals surface area contributed by atoms with Gasteiger partial charge in [-0.25, -0.2) is 0 Å². The first kappa shape index (κ1) is 24.5. The third-order valence-corrected chi connectivity index (χ3v) is 6.92. The quantitative estimate of drug-likeness (QED) is 0.510. The molecular formula is C30H31N5O2.